The smallest absolute Gasteiger partial charge is 0.0754 e. The Morgan fingerprint density at radius 3 is 2.69 bits per heavy atom. The molecular weight excluding hydrogens is 198 g/mol. The van der Waals surface area contributed by atoms with E-state index in [1.165, 1.54) is 32.1 Å². The van der Waals surface area contributed by atoms with E-state index in [0.717, 1.165) is 19.1 Å². The quantitative estimate of drug-likeness (QED) is 0.673. The summed E-state index contributed by atoms with van der Waals surface area (Å²) in [5, 5.41) is 3.75. The fourth-order valence-corrected chi connectivity index (χ4v) is 2.80. The summed E-state index contributed by atoms with van der Waals surface area (Å²) in [6.45, 7) is 11.3. The van der Waals surface area contributed by atoms with Gasteiger partial charge >= 0.3 is 0 Å². The van der Waals surface area contributed by atoms with E-state index in [-0.39, 0.29) is 5.54 Å². The maximum atomic E-state index is 5.89. The van der Waals surface area contributed by atoms with Gasteiger partial charge in [-0.1, -0.05) is 27.2 Å². The summed E-state index contributed by atoms with van der Waals surface area (Å²) in [6.07, 6.45) is 6.61. The molecule has 96 valence electrons. The standard InChI is InChI=1S/C14H29NO/c1-5-6-9-15-14(4,11-12(2)3)13-8-7-10-16-13/h12-13,15H,5-11H2,1-4H3. The number of nitrogens with one attached hydrogen (secondary N) is 1. The van der Waals surface area contributed by atoms with Crippen molar-refractivity contribution in [3.05, 3.63) is 0 Å². The first-order valence-electron chi connectivity index (χ1n) is 6.95. The van der Waals surface area contributed by atoms with Crippen LogP contribution in [0.1, 0.15) is 59.8 Å². The predicted octanol–water partition coefficient (Wildman–Crippen LogP) is 3.36. The SMILES string of the molecule is CCCCNC(C)(CC(C)C)C1CCCO1. The third-order valence-electron chi connectivity index (χ3n) is 3.53. The van der Waals surface area contributed by atoms with Gasteiger partial charge in [-0.25, -0.2) is 0 Å². The van der Waals surface area contributed by atoms with Crippen LogP contribution in [-0.4, -0.2) is 24.8 Å². The third kappa shape index (κ3) is 4.06. The van der Waals surface area contributed by atoms with Crippen LogP contribution in [0.4, 0.5) is 0 Å². The molecule has 0 amide bonds. The highest BCUT2D eigenvalue weighted by Gasteiger charge is 2.36. The molecule has 16 heavy (non-hydrogen) atoms. The van der Waals surface area contributed by atoms with Gasteiger partial charge in [0.25, 0.3) is 0 Å². The molecule has 1 fully saturated rings. The molecule has 1 rings (SSSR count). The summed E-state index contributed by atoms with van der Waals surface area (Å²) in [6, 6.07) is 0. The lowest BCUT2D eigenvalue weighted by Crippen LogP contribution is -2.53. The van der Waals surface area contributed by atoms with Crippen LogP contribution in [0, 0.1) is 5.92 Å². The van der Waals surface area contributed by atoms with Crippen molar-refractivity contribution in [3.8, 4) is 0 Å². The predicted molar refractivity (Wildman–Crippen MR) is 69.7 cm³/mol. The molecule has 1 aliphatic heterocycles. The summed E-state index contributed by atoms with van der Waals surface area (Å²) in [5.74, 6) is 0.725. The van der Waals surface area contributed by atoms with Gasteiger partial charge in [0, 0.05) is 12.1 Å². The van der Waals surface area contributed by atoms with Crippen molar-refractivity contribution in [1.29, 1.82) is 0 Å². The van der Waals surface area contributed by atoms with Crippen molar-refractivity contribution in [1.82, 2.24) is 5.32 Å². The number of hydrogen-bond acceptors (Lipinski definition) is 2. The maximum Gasteiger partial charge on any atom is 0.0754 e. The first-order valence-corrected chi connectivity index (χ1v) is 6.95. The van der Waals surface area contributed by atoms with Gasteiger partial charge in [0.05, 0.1) is 6.10 Å². The normalized spacial score (nSPS) is 24.9. The van der Waals surface area contributed by atoms with Gasteiger partial charge in [-0.05, 0) is 45.1 Å². The molecule has 0 bridgehead atoms. The molecule has 0 aromatic heterocycles. The number of hydrogen-bond donors (Lipinski definition) is 1. The number of unbranched alkanes of at least 4 members (excludes halogenated alkanes) is 1. The Bertz CT molecular complexity index is 187. The summed E-state index contributed by atoms with van der Waals surface area (Å²) in [7, 11) is 0. The van der Waals surface area contributed by atoms with E-state index in [2.05, 4.69) is 33.0 Å². The van der Waals surface area contributed by atoms with Crippen LogP contribution in [0.15, 0.2) is 0 Å². The van der Waals surface area contributed by atoms with Crippen LogP contribution in [-0.2, 0) is 4.74 Å². The summed E-state index contributed by atoms with van der Waals surface area (Å²) >= 11 is 0. The van der Waals surface area contributed by atoms with E-state index in [0.29, 0.717) is 6.10 Å². The topological polar surface area (TPSA) is 21.3 Å². The second-order valence-electron chi connectivity index (χ2n) is 5.80. The minimum atomic E-state index is 0.180. The zero-order chi connectivity index (χ0) is 12.0. The zero-order valence-corrected chi connectivity index (χ0v) is 11.5. The van der Waals surface area contributed by atoms with Crippen LogP contribution in [0.25, 0.3) is 0 Å². The lowest BCUT2D eigenvalue weighted by Gasteiger charge is -2.37. The minimum Gasteiger partial charge on any atom is -0.376 e. The Labute approximate surface area is 101 Å². The molecule has 2 unspecified atom stereocenters. The monoisotopic (exact) mass is 227 g/mol. The molecule has 0 saturated carbocycles. The molecule has 2 atom stereocenters. The Hall–Kier alpha value is -0.0800. The average molecular weight is 227 g/mol. The van der Waals surface area contributed by atoms with E-state index in [9.17, 15) is 0 Å². The van der Waals surface area contributed by atoms with Gasteiger partial charge in [-0.2, -0.15) is 0 Å². The molecule has 0 aromatic carbocycles. The second kappa shape index (κ2) is 6.61. The molecule has 1 saturated heterocycles. The maximum absolute atomic E-state index is 5.89. The number of ether oxygens (including phenoxy) is 1. The van der Waals surface area contributed by atoms with Crippen LogP contribution >= 0.6 is 0 Å². The Kier molecular flexibility index (Phi) is 5.77. The summed E-state index contributed by atoms with van der Waals surface area (Å²) in [5.41, 5.74) is 0.180. The average Bonchev–Trinajstić information content (AvgIpc) is 2.70. The fraction of sp³-hybridized carbons (Fsp3) is 1.00. The molecule has 0 spiro atoms. The minimum absolute atomic E-state index is 0.180. The molecule has 2 nitrogen and oxygen atoms in total. The highest BCUT2D eigenvalue weighted by atomic mass is 16.5. The van der Waals surface area contributed by atoms with Gasteiger partial charge in [-0.3, -0.25) is 0 Å². The van der Waals surface area contributed by atoms with Crippen molar-refractivity contribution in [2.24, 2.45) is 5.92 Å². The molecule has 0 aromatic rings. The molecule has 1 aliphatic rings. The van der Waals surface area contributed by atoms with Crippen molar-refractivity contribution in [2.75, 3.05) is 13.2 Å². The molecular formula is C14H29NO. The third-order valence-corrected chi connectivity index (χ3v) is 3.53. The van der Waals surface area contributed by atoms with Gasteiger partial charge in [0.1, 0.15) is 0 Å². The van der Waals surface area contributed by atoms with Crippen LogP contribution in [0.5, 0.6) is 0 Å². The molecule has 2 heteroatoms. The fourth-order valence-electron chi connectivity index (χ4n) is 2.80. The van der Waals surface area contributed by atoms with Gasteiger partial charge in [0.15, 0.2) is 0 Å². The summed E-state index contributed by atoms with van der Waals surface area (Å²) < 4.78 is 5.89. The van der Waals surface area contributed by atoms with Crippen molar-refractivity contribution >= 4 is 0 Å². The molecule has 1 N–H and O–H groups in total. The van der Waals surface area contributed by atoms with E-state index in [4.69, 9.17) is 4.74 Å². The summed E-state index contributed by atoms with van der Waals surface area (Å²) in [4.78, 5) is 0. The number of rotatable bonds is 7. The largest absolute Gasteiger partial charge is 0.376 e. The van der Waals surface area contributed by atoms with E-state index >= 15 is 0 Å². The highest BCUT2D eigenvalue weighted by molar-refractivity contribution is 4.94. The van der Waals surface area contributed by atoms with Gasteiger partial charge < -0.3 is 10.1 Å². The van der Waals surface area contributed by atoms with Gasteiger partial charge in [-0.15, -0.1) is 0 Å². The lowest BCUT2D eigenvalue weighted by atomic mass is 9.84. The van der Waals surface area contributed by atoms with Crippen molar-refractivity contribution < 1.29 is 4.74 Å². The van der Waals surface area contributed by atoms with Crippen LogP contribution < -0.4 is 5.32 Å². The Morgan fingerprint density at radius 2 is 2.19 bits per heavy atom. The van der Waals surface area contributed by atoms with E-state index < -0.39 is 0 Å². The zero-order valence-electron chi connectivity index (χ0n) is 11.5. The van der Waals surface area contributed by atoms with Crippen LogP contribution in [0.3, 0.4) is 0 Å². The van der Waals surface area contributed by atoms with Crippen molar-refractivity contribution in [3.63, 3.8) is 0 Å². The molecule has 0 aliphatic carbocycles. The highest BCUT2D eigenvalue weighted by Crippen LogP contribution is 2.29. The van der Waals surface area contributed by atoms with Crippen molar-refractivity contribution in [2.45, 2.75) is 71.4 Å². The molecule has 0 radical (unpaired) electrons. The van der Waals surface area contributed by atoms with E-state index in [1.54, 1.807) is 0 Å². The second-order valence-corrected chi connectivity index (χ2v) is 5.80. The lowest BCUT2D eigenvalue weighted by molar-refractivity contribution is 0.0256. The van der Waals surface area contributed by atoms with E-state index in [1.807, 2.05) is 0 Å². The Morgan fingerprint density at radius 1 is 1.44 bits per heavy atom. The van der Waals surface area contributed by atoms with Crippen LogP contribution in [0.2, 0.25) is 0 Å². The molecule has 1 heterocycles. The van der Waals surface area contributed by atoms with Gasteiger partial charge in [0.2, 0.25) is 0 Å². The first-order chi connectivity index (χ1) is 7.58. The first kappa shape index (κ1) is 14.0. The Balaban J connectivity index is 2.51.